The van der Waals surface area contributed by atoms with Gasteiger partial charge in [0.15, 0.2) is 0 Å². The van der Waals surface area contributed by atoms with Gasteiger partial charge in [-0.05, 0) is 24.8 Å². The van der Waals surface area contributed by atoms with Crippen molar-refractivity contribution in [3.63, 3.8) is 0 Å². The smallest absolute Gasteiger partial charge is 0.249 e. The second kappa shape index (κ2) is 5.72. The van der Waals surface area contributed by atoms with Gasteiger partial charge >= 0.3 is 0 Å². The molecule has 19 heavy (non-hydrogen) atoms. The molecule has 1 aromatic carbocycles. The van der Waals surface area contributed by atoms with Crippen LogP contribution in [-0.2, 0) is 15.1 Å². The normalized spacial score (nSPS) is 25.8. The molecule has 1 fully saturated rings. The van der Waals surface area contributed by atoms with Crippen molar-refractivity contribution < 1.29 is 14.6 Å². The van der Waals surface area contributed by atoms with Gasteiger partial charge in [0.25, 0.3) is 0 Å². The van der Waals surface area contributed by atoms with Crippen molar-refractivity contribution in [3.8, 4) is 0 Å². The molecule has 0 radical (unpaired) electrons. The predicted octanol–water partition coefficient (Wildman–Crippen LogP) is 1.44. The van der Waals surface area contributed by atoms with Crippen LogP contribution in [-0.4, -0.2) is 30.3 Å². The van der Waals surface area contributed by atoms with Crippen LogP contribution in [0.2, 0.25) is 0 Å². The second-order valence-corrected chi connectivity index (χ2v) is 5.42. The lowest BCUT2D eigenvalue weighted by atomic mass is 9.95. The summed E-state index contributed by atoms with van der Waals surface area (Å²) in [6, 6.07) is 9.33. The summed E-state index contributed by atoms with van der Waals surface area (Å²) in [7, 11) is 0. The largest absolute Gasteiger partial charge is 0.384 e. The minimum atomic E-state index is -1.07. The van der Waals surface area contributed by atoms with Gasteiger partial charge in [-0.15, -0.1) is 0 Å². The standard InChI is InChI=1S/C15H21NO3/c1-11-8-9-19-13(11)14(17)16-10-15(2,18)12-6-4-3-5-7-12/h3-7,11,13,18H,8-10H2,1-2H3,(H,16,17). The van der Waals surface area contributed by atoms with Crippen molar-refractivity contribution >= 4 is 5.91 Å². The van der Waals surface area contributed by atoms with Crippen LogP contribution in [0.25, 0.3) is 0 Å². The molecular formula is C15H21NO3. The van der Waals surface area contributed by atoms with Crippen molar-refractivity contribution in [1.29, 1.82) is 0 Å². The van der Waals surface area contributed by atoms with Crippen LogP contribution < -0.4 is 5.32 Å². The summed E-state index contributed by atoms with van der Waals surface area (Å²) in [4.78, 5) is 12.0. The Morgan fingerprint density at radius 3 is 2.74 bits per heavy atom. The number of hydrogen-bond acceptors (Lipinski definition) is 3. The summed E-state index contributed by atoms with van der Waals surface area (Å²) in [5.74, 6) is 0.0999. The molecule has 0 aromatic heterocycles. The Labute approximate surface area is 113 Å². The SMILES string of the molecule is CC1CCOC1C(=O)NCC(C)(O)c1ccccc1. The molecule has 2 N–H and O–H groups in total. The molecule has 1 aromatic rings. The van der Waals surface area contributed by atoms with Crippen LogP contribution in [0, 0.1) is 5.92 Å². The van der Waals surface area contributed by atoms with Gasteiger partial charge in [0.2, 0.25) is 5.91 Å². The number of rotatable bonds is 4. The molecule has 4 heteroatoms. The molecular weight excluding hydrogens is 242 g/mol. The molecule has 0 saturated carbocycles. The zero-order valence-electron chi connectivity index (χ0n) is 11.4. The van der Waals surface area contributed by atoms with Gasteiger partial charge in [-0.2, -0.15) is 0 Å². The number of benzene rings is 1. The zero-order valence-corrected chi connectivity index (χ0v) is 11.4. The van der Waals surface area contributed by atoms with Gasteiger partial charge in [-0.3, -0.25) is 4.79 Å². The summed E-state index contributed by atoms with van der Waals surface area (Å²) in [5.41, 5.74) is -0.283. The van der Waals surface area contributed by atoms with Crippen LogP contribution in [0.15, 0.2) is 30.3 Å². The van der Waals surface area contributed by atoms with E-state index < -0.39 is 5.60 Å². The van der Waals surface area contributed by atoms with E-state index in [-0.39, 0.29) is 24.5 Å². The first kappa shape index (κ1) is 14.0. The Morgan fingerprint density at radius 1 is 1.47 bits per heavy atom. The van der Waals surface area contributed by atoms with Crippen LogP contribution in [0.4, 0.5) is 0 Å². The quantitative estimate of drug-likeness (QED) is 0.864. The third-order valence-electron chi connectivity index (χ3n) is 3.65. The third-order valence-corrected chi connectivity index (χ3v) is 3.65. The van der Waals surface area contributed by atoms with Gasteiger partial charge in [0.05, 0.1) is 6.54 Å². The first-order valence-electron chi connectivity index (χ1n) is 6.68. The average Bonchev–Trinajstić information content (AvgIpc) is 2.83. The lowest BCUT2D eigenvalue weighted by molar-refractivity contribution is -0.132. The van der Waals surface area contributed by atoms with E-state index >= 15 is 0 Å². The van der Waals surface area contributed by atoms with E-state index in [2.05, 4.69) is 5.32 Å². The van der Waals surface area contributed by atoms with Crippen LogP contribution in [0.1, 0.15) is 25.8 Å². The van der Waals surface area contributed by atoms with E-state index in [0.29, 0.717) is 6.61 Å². The predicted molar refractivity (Wildman–Crippen MR) is 72.5 cm³/mol. The van der Waals surface area contributed by atoms with Gasteiger partial charge in [0.1, 0.15) is 11.7 Å². The maximum atomic E-state index is 12.0. The lowest BCUT2D eigenvalue weighted by Gasteiger charge is -2.25. The lowest BCUT2D eigenvalue weighted by Crippen LogP contribution is -2.44. The van der Waals surface area contributed by atoms with E-state index in [9.17, 15) is 9.90 Å². The Bertz CT molecular complexity index is 430. The third kappa shape index (κ3) is 3.33. The fourth-order valence-electron chi connectivity index (χ4n) is 2.29. The molecule has 1 saturated heterocycles. The Hall–Kier alpha value is -1.39. The van der Waals surface area contributed by atoms with Crippen LogP contribution in [0.5, 0.6) is 0 Å². The fourth-order valence-corrected chi connectivity index (χ4v) is 2.29. The molecule has 104 valence electrons. The molecule has 1 heterocycles. The molecule has 0 bridgehead atoms. The topological polar surface area (TPSA) is 58.6 Å². The van der Waals surface area contributed by atoms with Crippen molar-refractivity contribution in [1.82, 2.24) is 5.32 Å². The van der Waals surface area contributed by atoms with Gasteiger partial charge in [0, 0.05) is 6.61 Å². The highest BCUT2D eigenvalue weighted by molar-refractivity contribution is 5.81. The number of hydrogen-bond donors (Lipinski definition) is 2. The van der Waals surface area contributed by atoms with Gasteiger partial charge < -0.3 is 15.2 Å². The van der Waals surface area contributed by atoms with Crippen molar-refractivity contribution in [3.05, 3.63) is 35.9 Å². The Kier molecular flexibility index (Phi) is 4.22. The Morgan fingerprint density at radius 2 is 2.16 bits per heavy atom. The van der Waals surface area contributed by atoms with E-state index in [4.69, 9.17) is 4.74 Å². The zero-order chi connectivity index (χ0) is 13.9. The minimum absolute atomic E-state index is 0.138. The summed E-state index contributed by atoms with van der Waals surface area (Å²) in [5, 5.41) is 13.2. The van der Waals surface area contributed by atoms with E-state index in [0.717, 1.165) is 12.0 Å². The molecule has 3 atom stereocenters. The van der Waals surface area contributed by atoms with Gasteiger partial charge in [-0.1, -0.05) is 37.3 Å². The minimum Gasteiger partial charge on any atom is -0.384 e. The molecule has 3 unspecified atom stereocenters. The number of carbonyl (C=O) groups is 1. The highest BCUT2D eigenvalue weighted by atomic mass is 16.5. The first-order valence-corrected chi connectivity index (χ1v) is 6.68. The second-order valence-electron chi connectivity index (χ2n) is 5.42. The fraction of sp³-hybridized carbons (Fsp3) is 0.533. The average molecular weight is 263 g/mol. The summed E-state index contributed by atoms with van der Waals surface area (Å²) in [6.07, 6.45) is 0.527. The number of ether oxygens (including phenoxy) is 1. The van der Waals surface area contributed by atoms with Crippen molar-refractivity contribution in [2.45, 2.75) is 32.0 Å². The number of aliphatic hydroxyl groups is 1. The first-order chi connectivity index (χ1) is 9.00. The highest BCUT2D eigenvalue weighted by Crippen LogP contribution is 2.22. The molecule has 1 amide bonds. The molecule has 2 rings (SSSR count). The van der Waals surface area contributed by atoms with E-state index in [1.54, 1.807) is 6.92 Å². The molecule has 0 spiro atoms. The Balaban J connectivity index is 1.93. The molecule has 1 aliphatic rings. The molecule has 1 aliphatic heterocycles. The summed E-state index contributed by atoms with van der Waals surface area (Å²) < 4.78 is 5.40. The van der Waals surface area contributed by atoms with Crippen LogP contribution in [0.3, 0.4) is 0 Å². The van der Waals surface area contributed by atoms with Crippen molar-refractivity contribution in [2.75, 3.05) is 13.2 Å². The monoisotopic (exact) mass is 263 g/mol. The van der Waals surface area contributed by atoms with Crippen LogP contribution >= 0.6 is 0 Å². The van der Waals surface area contributed by atoms with E-state index in [1.165, 1.54) is 0 Å². The molecule has 4 nitrogen and oxygen atoms in total. The van der Waals surface area contributed by atoms with Gasteiger partial charge in [-0.25, -0.2) is 0 Å². The summed E-state index contributed by atoms with van der Waals surface area (Å²) in [6.45, 7) is 4.52. The number of nitrogens with one attached hydrogen (secondary N) is 1. The van der Waals surface area contributed by atoms with E-state index in [1.807, 2.05) is 37.3 Å². The van der Waals surface area contributed by atoms with Crippen molar-refractivity contribution in [2.24, 2.45) is 5.92 Å². The number of amides is 1. The highest BCUT2D eigenvalue weighted by Gasteiger charge is 2.32. The molecule has 0 aliphatic carbocycles. The number of carbonyl (C=O) groups excluding carboxylic acids is 1. The maximum absolute atomic E-state index is 12.0. The summed E-state index contributed by atoms with van der Waals surface area (Å²) >= 11 is 0. The maximum Gasteiger partial charge on any atom is 0.249 e.